The van der Waals surface area contributed by atoms with E-state index in [1.165, 1.54) is 36.0 Å². The van der Waals surface area contributed by atoms with Gasteiger partial charge in [-0.25, -0.2) is 0 Å². The maximum absolute atomic E-state index is 5.87. The third kappa shape index (κ3) is 2.22. The Balaban J connectivity index is 2.39. The van der Waals surface area contributed by atoms with Crippen molar-refractivity contribution in [3.8, 4) is 5.75 Å². The Morgan fingerprint density at radius 1 is 1.31 bits per heavy atom. The first-order chi connectivity index (χ1) is 7.72. The summed E-state index contributed by atoms with van der Waals surface area (Å²) in [5.74, 6) is 1.09. The van der Waals surface area contributed by atoms with Crippen molar-refractivity contribution >= 4 is 0 Å². The molecule has 1 aliphatic rings. The first-order valence-corrected chi connectivity index (χ1v) is 6.15. The average Bonchev–Trinajstić information content (AvgIpc) is 2.28. The minimum atomic E-state index is 0.190. The van der Waals surface area contributed by atoms with Crippen molar-refractivity contribution in [1.82, 2.24) is 0 Å². The molecule has 2 rings (SSSR count). The number of ether oxygens (including phenoxy) is 1. The Morgan fingerprint density at radius 3 is 2.75 bits per heavy atom. The number of nitrogens with two attached hydrogens (primary N) is 1. The van der Waals surface area contributed by atoms with Crippen LogP contribution in [0.15, 0.2) is 12.1 Å². The van der Waals surface area contributed by atoms with Crippen molar-refractivity contribution in [2.75, 3.05) is 7.11 Å². The summed E-state index contributed by atoms with van der Waals surface area (Å²) in [4.78, 5) is 0. The van der Waals surface area contributed by atoms with Gasteiger partial charge in [-0.1, -0.05) is 12.1 Å². The van der Waals surface area contributed by atoms with E-state index >= 15 is 0 Å². The van der Waals surface area contributed by atoms with Gasteiger partial charge < -0.3 is 10.5 Å². The second kappa shape index (κ2) is 4.88. The molecule has 2 nitrogen and oxygen atoms in total. The van der Waals surface area contributed by atoms with Crippen LogP contribution in [-0.2, 0) is 19.3 Å². The molecule has 0 saturated heterocycles. The quantitative estimate of drug-likeness (QED) is 0.847. The monoisotopic (exact) mass is 219 g/mol. The van der Waals surface area contributed by atoms with Gasteiger partial charge in [-0.2, -0.15) is 0 Å². The number of rotatable bonds is 3. The van der Waals surface area contributed by atoms with E-state index in [4.69, 9.17) is 10.5 Å². The lowest BCUT2D eigenvalue weighted by Gasteiger charge is -2.21. The van der Waals surface area contributed by atoms with E-state index in [2.05, 4.69) is 12.1 Å². The van der Waals surface area contributed by atoms with Crippen molar-refractivity contribution in [2.45, 2.75) is 45.1 Å². The van der Waals surface area contributed by atoms with Crippen LogP contribution in [0.2, 0.25) is 0 Å². The fourth-order valence-electron chi connectivity index (χ4n) is 2.60. The van der Waals surface area contributed by atoms with E-state index in [0.29, 0.717) is 0 Å². The molecule has 0 bridgehead atoms. The molecule has 1 atom stereocenters. The third-order valence-corrected chi connectivity index (χ3v) is 3.31. The average molecular weight is 219 g/mol. The van der Waals surface area contributed by atoms with E-state index in [-0.39, 0.29) is 6.04 Å². The summed E-state index contributed by atoms with van der Waals surface area (Å²) in [5.41, 5.74) is 10.0. The zero-order valence-electron chi connectivity index (χ0n) is 10.3. The van der Waals surface area contributed by atoms with Crippen LogP contribution in [0.4, 0.5) is 0 Å². The molecule has 0 saturated carbocycles. The number of aryl methyl sites for hydroxylation is 1. The van der Waals surface area contributed by atoms with E-state index < -0.39 is 0 Å². The van der Waals surface area contributed by atoms with Gasteiger partial charge in [-0.3, -0.25) is 0 Å². The van der Waals surface area contributed by atoms with E-state index in [1.54, 1.807) is 7.11 Å². The first-order valence-electron chi connectivity index (χ1n) is 6.15. The molecular formula is C14H21NO. The SMILES string of the molecule is COc1c(CC(C)N)ccc2c1CCCC2. The standard InChI is InChI=1S/C14H21NO/c1-10(15)9-12-8-7-11-5-3-4-6-13(11)14(12)16-2/h7-8,10H,3-6,9,15H2,1-2H3. The number of benzene rings is 1. The van der Waals surface area contributed by atoms with Gasteiger partial charge in [-0.05, 0) is 55.7 Å². The highest BCUT2D eigenvalue weighted by Gasteiger charge is 2.17. The van der Waals surface area contributed by atoms with Crippen LogP contribution in [0.1, 0.15) is 36.5 Å². The maximum atomic E-state index is 5.87. The fourth-order valence-corrected chi connectivity index (χ4v) is 2.60. The van der Waals surface area contributed by atoms with Gasteiger partial charge in [0.05, 0.1) is 7.11 Å². The Kier molecular flexibility index (Phi) is 3.49. The third-order valence-electron chi connectivity index (χ3n) is 3.31. The van der Waals surface area contributed by atoms with Gasteiger partial charge in [0, 0.05) is 6.04 Å². The predicted molar refractivity (Wildman–Crippen MR) is 67.0 cm³/mol. The predicted octanol–water partition coefficient (Wildman–Crippen LogP) is 2.46. The Hall–Kier alpha value is -1.02. The second-order valence-electron chi connectivity index (χ2n) is 4.78. The number of fused-ring (bicyclic) bond motifs is 1. The van der Waals surface area contributed by atoms with Crippen molar-refractivity contribution in [1.29, 1.82) is 0 Å². The van der Waals surface area contributed by atoms with Crippen LogP contribution in [0.5, 0.6) is 5.75 Å². The van der Waals surface area contributed by atoms with E-state index in [0.717, 1.165) is 18.6 Å². The van der Waals surface area contributed by atoms with E-state index in [1.807, 2.05) is 6.92 Å². The van der Waals surface area contributed by atoms with Gasteiger partial charge in [0.15, 0.2) is 0 Å². The minimum Gasteiger partial charge on any atom is -0.496 e. The first kappa shape index (κ1) is 11.5. The maximum Gasteiger partial charge on any atom is 0.125 e. The van der Waals surface area contributed by atoms with Crippen LogP contribution >= 0.6 is 0 Å². The number of hydrogen-bond acceptors (Lipinski definition) is 2. The molecule has 0 aromatic heterocycles. The van der Waals surface area contributed by atoms with E-state index in [9.17, 15) is 0 Å². The molecule has 16 heavy (non-hydrogen) atoms. The zero-order chi connectivity index (χ0) is 11.5. The molecule has 88 valence electrons. The molecule has 2 N–H and O–H groups in total. The topological polar surface area (TPSA) is 35.2 Å². The Labute approximate surface area is 97.8 Å². The Bertz CT molecular complexity index is 371. The summed E-state index contributed by atoms with van der Waals surface area (Å²) < 4.78 is 5.59. The molecule has 0 spiro atoms. The molecule has 0 heterocycles. The van der Waals surface area contributed by atoms with Crippen molar-refractivity contribution < 1.29 is 4.74 Å². The van der Waals surface area contributed by atoms with Crippen LogP contribution in [-0.4, -0.2) is 13.2 Å². The molecule has 2 heteroatoms. The van der Waals surface area contributed by atoms with Gasteiger partial charge in [0.1, 0.15) is 5.75 Å². The zero-order valence-corrected chi connectivity index (χ0v) is 10.3. The summed E-state index contributed by atoms with van der Waals surface area (Å²) in [7, 11) is 1.77. The molecule has 0 aliphatic heterocycles. The fraction of sp³-hybridized carbons (Fsp3) is 0.571. The highest BCUT2D eigenvalue weighted by atomic mass is 16.5. The number of hydrogen-bond donors (Lipinski definition) is 1. The van der Waals surface area contributed by atoms with Gasteiger partial charge in [-0.15, -0.1) is 0 Å². The Morgan fingerprint density at radius 2 is 2.06 bits per heavy atom. The lowest BCUT2D eigenvalue weighted by atomic mass is 9.88. The normalized spacial score (nSPS) is 16.7. The summed E-state index contributed by atoms with van der Waals surface area (Å²) in [6.07, 6.45) is 5.85. The molecule has 1 aromatic carbocycles. The summed E-state index contributed by atoms with van der Waals surface area (Å²) in [6.45, 7) is 2.04. The number of methoxy groups -OCH3 is 1. The van der Waals surface area contributed by atoms with Gasteiger partial charge in [0.25, 0.3) is 0 Å². The molecule has 0 amide bonds. The van der Waals surface area contributed by atoms with Crippen molar-refractivity contribution in [3.63, 3.8) is 0 Å². The molecule has 1 aromatic rings. The van der Waals surface area contributed by atoms with Crippen molar-refractivity contribution in [2.24, 2.45) is 5.73 Å². The lowest BCUT2D eigenvalue weighted by molar-refractivity contribution is 0.399. The summed E-state index contributed by atoms with van der Waals surface area (Å²) in [6, 6.07) is 4.64. The molecule has 1 unspecified atom stereocenters. The van der Waals surface area contributed by atoms with Gasteiger partial charge in [0.2, 0.25) is 0 Å². The van der Waals surface area contributed by atoms with Crippen LogP contribution in [0.25, 0.3) is 0 Å². The lowest BCUT2D eigenvalue weighted by Crippen LogP contribution is -2.19. The van der Waals surface area contributed by atoms with Gasteiger partial charge >= 0.3 is 0 Å². The minimum absolute atomic E-state index is 0.190. The summed E-state index contributed by atoms with van der Waals surface area (Å²) >= 11 is 0. The molecule has 0 radical (unpaired) electrons. The second-order valence-corrected chi connectivity index (χ2v) is 4.78. The molecule has 0 fully saturated rings. The van der Waals surface area contributed by atoms with Crippen LogP contribution in [0.3, 0.4) is 0 Å². The molecular weight excluding hydrogens is 198 g/mol. The van der Waals surface area contributed by atoms with Crippen LogP contribution in [0, 0.1) is 0 Å². The highest BCUT2D eigenvalue weighted by molar-refractivity contribution is 5.48. The molecule has 1 aliphatic carbocycles. The highest BCUT2D eigenvalue weighted by Crippen LogP contribution is 2.33. The van der Waals surface area contributed by atoms with Crippen LogP contribution < -0.4 is 10.5 Å². The summed E-state index contributed by atoms with van der Waals surface area (Å²) in [5, 5.41) is 0. The largest absolute Gasteiger partial charge is 0.496 e. The smallest absolute Gasteiger partial charge is 0.125 e. The van der Waals surface area contributed by atoms with Crippen molar-refractivity contribution in [3.05, 3.63) is 28.8 Å².